The Kier molecular flexibility index (Phi) is 6.46. The lowest BCUT2D eigenvalue weighted by molar-refractivity contribution is -0.116. The van der Waals surface area contributed by atoms with Crippen molar-refractivity contribution in [2.45, 2.75) is 6.42 Å². The van der Waals surface area contributed by atoms with Crippen LogP contribution in [0.5, 0.6) is 5.75 Å². The van der Waals surface area contributed by atoms with Crippen LogP contribution in [0.1, 0.15) is 16.8 Å². The molecule has 0 spiro atoms. The Hall–Kier alpha value is -2.24. The van der Waals surface area contributed by atoms with Crippen LogP contribution in [-0.2, 0) is 4.79 Å². The van der Waals surface area contributed by atoms with Gasteiger partial charge in [-0.2, -0.15) is 0 Å². The van der Waals surface area contributed by atoms with E-state index in [1.54, 1.807) is 42.5 Å². The molecule has 126 valence electrons. The fraction of sp³-hybridized carbons (Fsp3) is 0.176. The van der Waals surface area contributed by atoms with E-state index >= 15 is 0 Å². The van der Waals surface area contributed by atoms with E-state index in [-0.39, 0.29) is 24.8 Å². The molecular weight excluding hydrogens is 351 g/mol. The van der Waals surface area contributed by atoms with Gasteiger partial charge >= 0.3 is 0 Å². The Morgan fingerprint density at radius 2 is 1.92 bits per heavy atom. The largest absolute Gasteiger partial charge is 0.497 e. The predicted molar refractivity (Wildman–Crippen MR) is 95.0 cm³/mol. The molecule has 0 atom stereocenters. The molecule has 0 aliphatic heterocycles. The molecule has 0 heterocycles. The Bertz CT molecular complexity index is 750. The third-order valence-corrected chi connectivity index (χ3v) is 3.74. The summed E-state index contributed by atoms with van der Waals surface area (Å²) in [5.41, 5.74) is 0.904. The molecule has 0 radical (unpaired) electrons. The Morgan fingerprint density at radius 1 is 1.12 bits per heavy atom. The molecule has 2 rings (SSSR count). The van der Waals surface area contributed by atoms with Gasteiger partial charge in [-0.25, -0.2) is 0 Å². The Labute approximate surface area is 149 Å². The fourth-order valence-corrected chi connectivity index (χ4v) is 2.30. The molecule has 0 fully saturated rings. The average Bonchev–Trinajstić information content (AvgIpc) is 2.58. The normalized spacial score (nSPS) is 10.1. The maximum atomic E-state index is 12.0. The lowest BCUT2D eigenvalue weighted by atomic mass is 10.2. The summed E-state index contributed by atoms with van der Waals surface area (Å²) in [6.45, 7) is 0.195. The number of nitrogens with one attached hydrogen (secondary N) is 2. The number of methoxy groups -OCH3 is 1. The molecule has 0 saturated heterocycles. The van der Waals surface area contributed by atoms with E-state index < -0.39 is 0 Å². The number of rotatable bonds is 6. The van der Waals surface area contributed by atoms with Crippen LogP contribution in [0.2, 0.25) is 10.0 Å². The van der Waals surface area contributed by atoms with Gasteiger partial charge in [-0.05, 0) is 36.4 Å². The summed E-state index contributed by atoms with van der Waals surface area (Å²) in [5, 5.41) is 6.20. The number of amides is 2. The first kappa shape index (κ1) is 18.1. The van der Waals surface area contributed by atoms with Gasteiger partial charge in [0.25, 0.3) is 5.91 Å². The Morgan fingerprint density at radius 3 is 2.67 bits per heavy atom. The van der Waals surface area contributed by atoms with Gasteiger partial charge in [-0.15, -0.1) is 0 Å². The minimum atomic E-state index is -0.275. The van der Waals surface area contributed by atoms with Gasteiger partial charge in [0.15, 0.2) is 0 Å². The smallest absolute Gasteiger partial charge is 0.251 e. The van der Waals surface area contributed by atoms with E-state index in [9.17, 15) is 9.59 Å². The van der Waals surface area contributed by atoms with Crippen LogP contribution >= 0.6 is 23.2 Å². The van der Waals surface area contributed by atoms with Crippen LogP contribution in [0.4, 0.5) is 5.69 Å². The number of hydrogen-bond donors (Lipinski definition) is 2. The number of carbonyl (C=O) groups is 2. The maximum Gasteiger partial charge on any atom is 0.251 e. The number of hydrogen-bond acceptors (Lipinski definition) is 3. The Balaban J connectivity index is 1.83. The van der Waals surface area contributed by atoms with Crippen molar-refractivity contribution in [2.75, 3.05) is 19.0 Å². The van der Waals surface area contributed by atoms with Crippen molar-refractivity contribution in [3.05, 3.63) is 58.1 Å². The lowest BCUT2D eigenvalue weighted by Gasteiger charge is -2.09. The molecule has 5 nitrogen and oxygen atoms in total. The topological polar surface area (TPSA) is 67.4 Å². The molecule has 0 unspecified atom stereocenters. The number of anilines is 1. The minimum Gasteiger partial charge on any atom is -0.497 e. The molecule has 2 aromatic rings. The zero-order valence-electron chi connectivity index (χ0n) is 12.9. The average molecular weight is 367 g/mol. The summed E-state index contributed by atoms with van der Waals surface area (Å²) in [7, 11) is 1.53. The minimum absolute atomic E-state index is 0.110. The summed E-state index contributed by atoms with van der Waals surface area (Å²) in [6.07, 6.45) is 0.110. The summed E-state index contributed by atoms with van der Waals surface area (Å²) in [4.78, 5) is 23.9. The highest BCUT2D eigenvalue weighted by Crippen LogP contribution is 2.25. The van der Waals surface area contributed by atoms with E-state index in [0.717, 1.165) is 0 Å². The molecular formula is C17H16Cl2N2O3. The van der Waals surface area contributed by atoms with Crippen LogP contribution in [0.15, 0.2) is 42.5 Å². The number of carbonyl (C=O) groups excluding carboxylic acids is 2. The number of halogens is 2. The van der Waals surface area contributed by atoms with Crippen molar-refractivity contribution in [3.8, 4) is 5.75 Å². The molecule has 24 heavy (non-hydrogen) atoms. The molecule has 2 N–H and O–H groups in total. The monoisotopic (exact) mass is 366 g/mol. The third-order valence-electron chi connectivity index (χ3n) is 3.17. The van der Waals surface area contributed by atoms with Crippen LogP contribution in [-0.4, -0.2) is 25.5 Å². The summed E-state index contributed by atoms with van der Waals surface area (Å²) in [6, 6.07) is 11.6. The quantitative estimate of drug-likeness (QED) is 0.817. The van der Waals surface area contributed by atoms with Crippen molar-refractivity contribution >= 4 is 40.7 Å². The first-order valence-corrected chi connectivity index (χ1v) is 7.92. The van der Waals surface area contributed by atoms with Gasteiger partial charge in [0.05, 0.1) is 17.8 Å². The zero-order chi connectivity index (χ0) is 17.5. The van der Waals surface area contributed by atoms with Crippen molar-refractivity contribution in [1.29, 1.82) is 0 Å². The lowest BCUT2D eigenvalue weighted by Crippen LogP contribution is -2.27. The highest BCUT2D eigenvalue weighted by atomic mass is 35.5. The predicted octanol–water partition coefficient (Wildman–Crippen LogP) is 3.76. The van der Waals surface area contributed by atoms with Crippen LogP contribution in [0, 0.1) is 0 Å². The molecule has 0 bridgehead atoms. The van der Waals surface area contributed by atoms with Gasteiger partial charge in [0, 0.05) is 23.6 Å². The SMILES string of the molecule is COc1cccc(C(=O)NCCC(=O)Nc2cc(Cl)ccc2Cl)c1. The van der Waals surface area contributed by atoms with Gasteiger partial charge in [-0.1, -0.05) is 29.3 Å². The van der Waals surface area contributed by atoms with Crippen LogP contribution in [0.3, 0.4) is 0 Å². The maximum absolute atomic E-state index is 12.0. The first-order valence-electron chi connectivity index (χ1n) is 7.17. The van der Waals surface area contributed by atoms with Crippen molar-refractivity contribution in [2.24, 2.45) is 0 Å². The van der Waals surface area contributed by atoms with Gasteiger partial charge in [-0.3, -0.25) is 9.59 Å². The third kappa shape index (κ3) is 5.15. The van der Waals surface area contributed by atoms with E-state index in [4.69, 9.17) is 27.9 Å². The second kappa shape index (κ2) is 8.57. The summed E-state index contributed by atoms with van der Waals surface area (Å²) < 4.78 is 5.07. The van der Waals surface area contributed by atoms with Gasteiger partial charge < -0.3 is 15.4 Å². The van der Waals surface area contributed by atoms with Crippen LogP contribution < -0.4 is 15.4 Å². The first-order chi connectivity index (χ1) is 11.5. The van der Waals surface area contributed by atoms with Gasteiger partial charge in [0.2, 0.25) is 5.91 Å². The highest BCUT2D eigenvalue weighted by molar-refractivity contribution is 6.35. The fourth-order valence-electron chi connectivity index (χ4n) is 1.96. The highest BCUT2D eigenvalue weighted by Gasteiger charge is 2.09. The standard InChI is InChI=1S/C17H16Cl2N2O3/c1-24-13-4-2-3-11(9-13)17(23)20-8-7-16(22)21-15-10-12(18)5-6-14(15)19/h2-6,9-10H,7-8H2,1H3,(H,20,23)(H,21,22). The van der Waals surface area contributed by atoms with E-state index in [2.05, 4.69) is 10.6 Å². The van der Waals surface area contributed by atoms with E-state index in [1.165, 1.54) is 7.11 Å². The molecule has 0 aliphatic rings. The van der Waals surface area contributed by atoms with Crippen molar-refractivity contribution < 1.29 is 14.3 Å². The van der Waals surface area contributed by atoms with Crippen molar-refractivity contribution in [1.82, 2.24) is 5.32 Å². The molecule has 2 aromatic carbocycles. The number of benzene rings is 2. The van der Waals surface area contributed by atoms with Gasteiger partial charge in [0.1, 0.15) is 5.75 Å². The van der Waals surface area contributed by atoms with Crippen LogP contribution in [0.25, 0.3) is 0 Å². The number of ether oxygens (including phenoxy) is 1. The van der Waals surface area contributed by atoms with E-state index in [1.807, 2.05) is 0 Å². The molecule has 0 aliphatic carbocycles. The molecule has 0 aromatic heterocycles. The molecule has 7 heteroatoms. The molecule has 2 amide bonds. The molecule has 0 saturated carbocycles. The van der Waals surface area contributed by atoms with Crippen molar-refractivity contribution in [3.63, 3.8) is 0 Å². The summed E-state index contributed by atoms with van der Waals surface area (Å²) >= 11 is 11.8. The summed E-state index contributed by atoms with van der Waals surface area (Å²) in [5.74, 6) is 0.0450. The van der Waals surface area contributed by atoms with E-state index in [0.29, 0.717) is 27.0 Å². The second-order valence-electron chi connectivity index (χ2n) is 4.91. The second-order valence-corrected chi connectivity index (χ2v) is 5.75. The zero-order valence-corrected chi connectivity index (χ0v) is 14.4.